The molecule has 0 aromatic heterocycles. The molecule has 1 aliphatic carbocycles. The van der Waals surface area contributed by atoms with Gasteiger partial charge in [-0.25, -0.2) is 13.1 Å². The normalized spacial score (nSPS) is 20.5. The predicted molar refractivity (Wildman–Crippen MR) is 91.9 cm³/mol. The fourth-order valence-electron chi connectivity index (χ4n) is 2.67. The Morgan fingerprint density at radius 2 is 1.87 bits per heavy atom. The number of hydrogen-bond acceptors (Lipinski definition) is 3. The van der Waals surface area contributed by atoms with Gasteiger partial charge < -0.3 is 5.32 Å². The molecule has 1 aromatic rings. The third kappa shape index (κ3) is 5.62. The molecule has 1 amide bonds. The molecule has 2 unspecified atom stereocenters. The molecule has 0 saturated heterocycles. The van der Waals surface area contributed by atoms with Gasteiger partial charge in [0.15, 0.2) is 0 Å². The molecule has 0 spiro atoms. The van der Waals surface area contributed by atoms with E-state index in [4.69, 9.17) is 0 Å². The van der Waals surface area contributed by atoms with Crippen LogP contribution in [0.3, 0.4) is 0 Å². The molecule has 5 nitrogen and oxygen atoms in total. The quantitative estimate of drug-likeness (QED) is 0.712. The van der Waals surface area contributed by atoms with E-state index in [0.29, 0.717) is 31.3 Å². The van der Waals surface area contributed by atoms with Crippen molar-refractivity contribution >= 4 is 15.9 Å². The van der Waals surface area contributed by atoms with E-state index < -0.39 is 10.0 Å². The highest BCUT2D eigenvalue weighted by Crippen LogP contribution is 2.47. The Bertz CT molecular complexity index is 638. The molecule has 0 bridgehead atoms. The van der Waals surface area contributed by atoms with Crippen LogP contribution in [0.1, 0.15) is 49.7 Å². The van der Waals surface area contributed by atoms with Gasteiger partial charge in [0.1, 0.15) is 0 Å². The van der Waals surface area contributed by atoms with Crippen molar-refractivity contribution in [2.24, 2.45) is 5.92 Å². The number of sulfonamides is 1. The summed E-state index contributed by atoms with van der Waals surface area (Å²) in [7, 11) is -3.15. The second kappa shape index (κ2) is 7.45. The molecule has 0 aliphatic heterocycles. The standard InChI is InChI=1S/C17H26N2O3S/c1-12(2)13-5-7-14(8-6-13)15-11-16(15)17(20)18-9-4-10-19-23(3,21)22/h5-8,12,15-16,19H,4,9-11H2,1-3H3,(H,18,20). The minimum absolute atomic E-state index is 0.0581. The first kappa shape index (κ1) is 17.9. The van der Waals surface area contributed by atoms with Gasteiger partial charge in [-0.3, -0.25) is 4.79 Å². The van der Waals surface area contributed by atoms with Gasteiger partial charge in [0.05, 0.1) is 6.26 Å². The second-order valence-corrected chi connectivity index (χ2v) is 8.41. The van der Waals surface area contributed by atoms with Crippen LogP contribution in [-0.2, 0) is 14.8 Å². The summed E-state index contributed by atoms with van der Waals surface area (Å²) < 4.78 is 24.2. The van der Waals surface area contributed by atoms with Gasteiger partial charge in [-0.1, -0.05) is 38.1 Å². The van der Waals surface area contributed by atoms with Crippen LogP contribution in [0.15, 0.2) is 24.3 Å². The molecule has 128 valence electrons. The molecule has 2 N–H and O–H groups in total. The van der Waals surface area contributed by atoms with Crippen molar-refractivity contribution < 1.29 is 13.2 Å². The molecule has 0 radical (unpaired) electrons. The highest BCUT2D eigenvalue weighted by atomic mass is 32.2. The van der Waals surface area contributed by atoms with Gasteiger partial charge in [-0.15, -0.1) is 0 Å². The maximum absolute atomic E-state index is 12.1. The molecule has 1 fully saturated rings. The van der Waals surface area contributed by atoms with Crippen LogP contribution in [0.5, 0.6) is 0 Å². The van der Waals surface area contributed by atoms with Crippen molar-refractivity contribution in [2.75, 3.05) is 19.3 Å². The number of rotatable bonds is 8. The minimum Gasteiger partial charge on any atom is -0.356 e. The SMILES string of the molecule is CC(C)c1ccc(C2CC2C(=O)NCCCNS(C)(=O)=O)cc1. The molecule has 1 aromatic carbocycles. The zero-order chi connectivity index (χ0) is 17.0. The second-order valence-electron chi connectivity index (χ2n) is 6.58. The van der Waals surface area contributed by atoms with E-state index in [0.717, 1.165) is 12.7 Å². The van der Waals surface area contributed by atoms with Gasteiger partial charge in [0, 0.05) is 19.0 Å². The van der Waals surface area contributed by atoms with Crippen LogP contribution >= 0.6 is 0 Å². The van der Waals surface area contributed by atoms with Crippen LogP contribution in [0, 0.1) is 5.92 Å². The van der Waals surface area contributed by atoms with Crippen LogP contribution in [0.4, 0.5) is 0 Å². The Morgan fingerprint density at radius 3 is 2.43 bits per heavy atom. The van der Waals surface area contributed by atoms with Gasteiger partial charge in [0.25, 0.3) is 0 Å². The lowest BCUT2D eigenvalue weighted by Gasteiger charge is -2.07. The first-order valence-electron chi connectivity index (χ1n) is 8.10. The summed E-state index contributed by atoms with van der Waals surface area (Å²) in [4.78, 5) is 12.1. The number of amides is 1. The summed E-state index contributed by atoms with van der Waals surface area (Å²) >= 11 is 0. The number of nitrogens with one attached hydrogen (secondary N) is 2. The lowest BCUT2D eigenvalue weighted by Crippen LogP contribution is -2.30. The van der Waals surface area contributed by atoms with Crippen molar-refractivity contribution in [2.45, 2.75) is 38.5 Å². The summed E-state index contributed by atoms with van der Waals surface area (Å²) in [5.74, 6) is 0.971. The molecule has 2 rings (SSSR count). The number of carbonyl (C=O) groups is 1. The zero-order valence-electron chi connectivity index (χ0n) is 14.0. The lowest BCUT2D eigenvalue weighted by molar-refractivity contribution is -0.122. The molecular formula is C17H26N2O3S. The van der Waals surface area contributed by atoms with E-state index in [1.165, 1.54) is 11.1 Å². The first-order chi connectivity index (χ1) is 10.8. The maximum atomic E-state index is 12.1. The number of hydrogen-bond donors (Lipinski definition) is 2. The topological polar surface area (TPSA) is 75.3 Å². The summed E-state index contributed by atoms with van der Waals surface area (Å²) in [6.07, 6.45) is 2.62. The fraction of sp³-hybridized carbons (Fsp3) is 0.588. The first-order valence-corrected chi connectivity index (χ1v) is 9.99. The zero-order valence-corrected chi connectivity index (χ0v) is 14.8. The summed E-state index contributed by atoms with van der Waals surface area (Å²) in [6.45, 7) is 5.18. The third-order valence-electron chi connectivity index (χ3n) is 4.18. The van der Waals surface area contributed by atoms with Gasteiger partial charge in [-0.2, -0.15) is 0 Å². The van der Waals surface area contributed by atoms with Gasteiger partial charge in [0.2, 0.25) is 15.9 Å². The fourth-order valence-corrected chi connectivity index (χ4v) is 3.19. The van der Waals surface area contributed by atoms with E-state index in [9.17, 15) is 13.2 Å². The Morgan fingerprint density at radius 1 is 1.22 bits per heavy atom. The molecule has 6 heteroatoms. The average Bonchev–Trinajstić information content (AvgIpc) is 3.26. The Labute approximate surface area is 138 Å². The summed E-state index contributed by atoms with van der Waals surface area (Å²) in [5.41, 5.74) is 2.54. The van der Waals surface area contributed by atoms with Crippen LogP contribution < -0.4 is 10.0 Å². The molecule has 23 heavy (non-hydrogen) atoms. The highest BCUT2D eigenvalue weighted by Gasteiger charge is 2.43. The molecular weight excluding hydrogens is 312 g/mol. The van der Waals surface area contributed by atoms with E-state index in [1.54, 1.807) is 0 Å². The molecule has 0 heterocycles. The predicted octanol–water partition coefficient (Wildman–Crippen LogP) is 1.97. The average molecular weight is 338 g/mol. The smallest absolute Gasteiger partial charge is 0.223 e. The minimum atomic E-state index is -3.15. The molecule has 2 atom stereocenters. The Kier molecular flexibility index (Phi) is 5.81. The van der Waals surface area contributed by atoms with Crippen molar-refractivity contribution in [3.05, 3.63) is 35.4 Å². The molecule has 1 aliphatic rings. The van der Waals surface area contributed by atoms with Crippen molar-refractivity contribution in [1.29, 1.82) is 0 Å². The largest absolute Gasteiger partial charge is 0.356 e. The summed E-state index contributed by atoms with van der Waals surface area (Å²) in [6, 6.07) is 8.54. The van der Waals surface area contributed by atoms with Crippen LogP contribution in [0.25, 0.3) is 0 Å². The van der Waals surface area contributed by atoms with E-state index in [-0.39, 0.29) is 11.8 Å². The number of carbonyl (C=O) groups excluding carboxylic acids is 1. The van der Waals surface area contributed by atoms with Crippen molar-refractivity contribution in [3.8, 4) is 0 Å². The lowest BCUT2D eigenvalue weighted by atomic mass is 10.00. The molecule has 1 saturated carbocycles. The van der Waals surface area contributed by atoms with Crippen molar-refractivity contribution in [1.82, 2.24) is 10.0 Å². The van der Waals surface area contributed by atoms with E-state index in [2.05, 4.69) is 48.2 Å². The highest BCUT2D eigenvalue weighted by molar-refractivity contribution is 7.88. The van der Waals surface area contributed by atoms with Crippen LogP contribution in [0.2, 0.25) is 0 Å². The third-order valence-corrected chi connectivity index (χ3v) is 4.90. The van der Waals surface area contributed by atoms with Crippen LogP contribution in [-0.4, -0.2) is 33.7 Å². The number of benzene rings is 1. The summed E-state index contributed by atoms with van der Waals surface area (Å²) in [5, 5.41) is 2.89. The van der Waals surface area contributed by atoms with E-state index >= 15 is 0 Å². The monoisotopic (exact) mass is 338 g/mol. The Balaban J connectivity index is 1.72. The van der Waals surface area contributed by atoms with Gasteiger partial charge in [-0.05, 0) is 35.8 Å². The van der Waals surface area contributed by atoms with Gasteiger partial charge >= 0.3 is 0 Å². The van der Waals surface area contributed by atoms with Crippen molar-refractivity contribution in [3.63, 3.8) is 0 Å². The van der Waals surface area contributed by atoms with E-state index in [1.807, 2.05) is 0 Å². The maximum Gasteiger partial charge on any atom is 0.223 e. The Hall–Kier alpha value is -1.40.